The first kappa shape index (κ1) is 23.7. The fourth-order valence-corrected chi connectivity index (χ4v) is 4.84. The highest BCUT2D eigenvalue weighted by Crippen LogP contribution is 2.37. The van der Waals surface area contributed by atoms with Crippen molar-refractivity contribution in [1.82, 2.24) is 29.8 Å². The molecule has 1 saturated heterocycles. The number of hydrogen-bond acceptors (Lipinski definition) is 9. The highest BCUT2D eigenvalue weighted by molar-refractivity contribution is 5.89. The number of urea groups is 1. The zero-order valence-electron chi connectivity index (χ0n) is 20.6. The smallest absolute Gasteiger partial charge is 0.323 e. The standard InChI is InChI=1S/C25H31N9O2/c1-25(2)8-3-5-18-20(25)29-16-30-21(18)32-24(35)34-13-11-33(12-14-34)22-19(6-4-9-27-22)36-15-17-7-10-28-23(26)31-17/h4,6-7,9-10,16H,3,5,8,11-15H2,1-2H3,(H2,26,28,31)(H,29,30,32,35). The van der Waals surface area contributed by atoms with E-state index in [1.807, 2.05) is 17.0 Å². The van der Waals surface area contributed by atoms with Gasteiger partial charge in [-0.1, -0.05) is 13.8 Å². The molecule has 11 nitrogen and oxygen atoms in total. The van der Waals surface area contributed by atoms with Crippen LogP contribution in [0.1, 0.15) is 43.6 Å². The summed E-state index contributed by atoms with van der Waals surface area (Å²) in [5.74, 6) is 2.24. The number of aromatic nitrogens is 5. The lowest BCUT2D eigenvalue weighted by molar-refractivity contribution is 0.207. The molecule has 0 bridgehead atoms. The van der Waals surface area contributed by atoms with E-state index in [0.29, 0.717) is 43.4 Å². The summed E-state index contributed by atoms with van der Waals surface area (Å²) >= 11 is 0. The van der Waals surface area contributed by atoms with Gasteiger partial charge in [0.05, 0.1) is 11.4 Å². The molecular formula is C25H31N9O2. The molecule has 2 aliphatic rings. The predicted molar refractivity (Wildman–Crippen MR) is 136 cm³/mol. The number of amides is 2. The molecule has 1 aliphatic carbocycles. The first-order valence-electron chi connectivity index (χ1n) is 12.2. The van der Waals surface area contributed by atoms with Crippen molar-refractivity contribution in [3.63, 3.8) is 0 Å². The molecule has 0 saturated carbocycles. The van der Waals surface area contributed by atoms with Crippen molar-refractivity contribution < 1.29 is 9.53 Å². The van der Waals surface area contributed by atoms with Gasteiger partial charge in [0.15, 0.2) is 11.6 Å². The predicted octanol–water partition coefficient (Wildman–Crippen LogP) is 2.79. The fourth-order valence-electron chi connectivity index (χ4n) is 4.84. The van der Waals surface area contributed by atoms with Crippen molar-refractivity contribution in [2.45, 2.75) is 45.1 Å². The van der Waals surface area contributed by atoms with Crippen LogP contribution in [0.3, 0.4) is 0 Å². The molecule has 4 heterocycles. The third-order valence-corrected chi connectivity index (χ3v) is 6.77. The second kappa shape index (κ2) is 9.92. The van der Waals surface area contributed by atoms with E-state index in [2.05, 4.69) is 49.0 Å². The molecule has 0 spiro atoms. The van der Waals surface area contributed by atoms with E-state index in [1.165, 1.54) is 0 Å². The Bertz CT molecular complexity index is 1240. The summed E-state index contributed by atoms with van der Waals surface area (Å²) in [7, 11) is 0. The van der Waals surface area contributed by atoms with Crippen LogP contribution in [0.4, 0.5) is 22.4 Å². The summed E-state index contributed by atoms with van der Waals surface area (Å²) in [5, 5.41) is 3.04. The van der Waals surface area contributed by atoms with Gasteiger partial charge in [-0.15, -0.1) is 0 Å². The van der Waals surface area contributed by atoms with Crippen LogP contribution in [0.25, 0.3) is 0 Å². The highest BCUT2D eigenvalue weighted by atomic mass is 16.5. The van der Waals surface area contributed by atoms with E-state index in [1.54, 1.807) is 24.8 Å². The van der Waals surface area contributed by atoms with Gasteiger partial charge >= 0.3 is 6.03 Å². The Labute approximate surface area is 210 Å². The Balaban J connectivity index is 1.21. The molecule has 1 fully saturated rings. The summed E-state index contributed by atoms with van der Waals surface area (Å²) < 4.78 is 6.00. The van der Waals surface area contributed by atoms with Crippen LogP contribution in [0, 0.1) is 0 Å². The molecule has 1 aliphatic heterocycles. The molecule has 3 aromatic heterocycles. The second-order valence-corrected chi connectivity index (χ2v) is 9.71. The summed E-state index contributed by atoms with van der Waals surface area (Å²) in [6.45, 7) is 7.04. The van der Waals surface area contributed by atoms with Gasteiger partial charge in [-0.05, 0) is 37.5 Å². The van der Waals surface area contributed by atoms with Gasteiger partial charge < -0.3 is 20.3 Å². The number of pyridine rings is 1. The largest absolute Gasteiger partial charge is 0.483 e. The molecule has 0 atom stereocenters. The van der Waals surface area contributed by atoms with Crippen molar-refractivity contribution in [3.8, 4) is 5.75 Å². The number of nitrogens with zero attached hydrogens (tertiary/aromatic N) is 7. The minimum atomic E-state index is -0.141. The van der Waals surface area contributed by atoms with Gasteiger partial charge in [-0.3, -0.25) is 5.32 Å². The van der Waals surface area contributed by atoms with Crippen molar-refractivity contribution in [3.05, 3.63) is 53.9 Å². The molecule has 0 aromatic carbocycles. The molecule has 36 heavy (non-hydrogen) atoms. The third-order valence-electron chi connectivity index (χ3n) is 6.77. The van der Waals surface area contributed by atoms with Crippen LogP contribution in [-0.2, 0) is 18.4 Å². The SMILES string of the molecule is CC1(C)CCCc2c(NC(=O)N3CCN(c4ncccc4OCc4ccnc(N)n4)CC3)ncnc21. The van der Waals surface area contributed by atoms with Crippen LogP contribution in [0.5, 0.6) is 5.75 Å². The number of nitrogens with one attached hydrogen (secondary N) is 1. The maximum atomic E-state index is 13.1. The number of rotatable bonds is 5. The number of carbonyl (C=O) groups is 1. The number of hydrogen-bond donors (Lipinski definition) is 2. The summed E-state index contributed by atoms with van der Waals surface area (Å²) in [6.07, 6.45) is 7.93. The summed E-state index contributed by atoms with van der Waals surface area (Å²) in [6, 6.07) is 5.34. The van der Waals surface area contributed by atoms with Gasteiger partial charge in [0.2, 0.25) is 5.95 Å². The van der Waals surface area contributed by atoms with Gasteiger partial charge in [-0.25, -0.2) is 29.7 Å². The minimum absolute atomic E-state index is 0.00976. The molecule has 0 unspecified atom stereocenters. The lowest BCUT2D eigenvalue weighted by Crippen LogP contribution is -2.50. The van der Waals surface area contributed by atoms with Crippen LogP contribution >= 0.6 is 0 Å². The number of fused-ring (bicyclic) bond motifs is 1. The van der Waals surface area contributed by atoms with Crippen LogP contribution < -0.4 is 20.7 Å². The van der Waals surface area contributed by atoms with Crippen LogP contribution in [-0.4, -0.2) is 62.0 Å². The zero-order chi connectivity index (χ0) is 25.1. The van der Waals surface area contributed by atoms with E-state index in [9.17, 15) is 4.79 Å². The van der Waals surface area contributed by atoms with Crippen LogP contribution in [0.2, 0.25) is 0 Å². The van der Waals surface area contributed by atoms with E-state index in [0.717, 1.165) is 36.3 Å². The first-order valence-corrected chi connectivity index (χ1v) is 12.2. The van der Waals surface area contributed by atoms with Gasteiger partial charge in [-0.2, -0.15) is 0 Å². The molecule has 0 radical (unpaired) electrons. The van der Waals surface area contributed by atoms with Gasteiger partial charge in [0.25, 0.3) is 0 Å². The Hall–Kier alpha value is -4.02. The average Bonchev–Trinajstić information content (AvgIpc) is 2.88. The second-order valence-electron chi connectivity index (χ2n) is 9.71. The van der Waals surface area contributed by atoms with Crippen molar-refractivity contribution in [1.29, 1.82) is 0 Å². The maximum Gasteiger partial charge on any atom is 0.323 e. The van der Waals surface area contributed by atoms with E-state index >= 15 is 0 Å². The monoisotopic (exact) mass is 489 g/mol. The highest BCUT2D eigenvalue weighted by Gasteiger charge is 2.32. The number of piperazine rings is 1. The lowest BCUT2D eigenvalue weighted by Gasteiger charge is -2.36. The number of carbonyl (C=O) groups excluding carboxylic acids is 1. The number of nitrogens with two attached hydrogens (primary N) is 1. The molecule has 3 aromatic rings. The quantitative estimate of drug-likeness (QED) is 0.554. The topological polar surface area (TPSA) is 135 Å². The Kier molecular flexibility index (Phi) is 6.53. The first-order chi connectivity index (χ1) is 17.4. The molecule has 3 N–H and O–H groups in total. The van der Waals surface area contributed by atoms with Crippen LogP contribution in [0.15, 0.2) is 36.9 Å². The average molecular weight is 490 g/mol. The minimum Gasteiger partial charge on any atom is -0.483 e. The fraction of sp³-hybridized carbons (Fsp3) is 0.440. The summed E-state index contributed by atoms with van der Waals surface area (Å²) in [4.78, 5) is 38.6. The van der Waals surface area contributed by atoms with Gasteiger partial charge in [0.1, 0.15) is 18.8 Å². The zero-order valence-corrected chi connectivity index (χ0v) is 20.6. The molecule has 11 heteroatoms. The number of ether oxygens (including phenoxy) is 1. The Morgan fingerprint density at radius 1 is 1.11 bits per heavy atom. The molecule has 5 rings (SSSR count). The lowest BCUT2D eigenvalue weighted by atomic mass is 9.76. The number of nitrogen functional groups attached to an aromatic ring is 1. The van der Waals surface area contributed by atoms with Gasteiger partial charge in [0, 0.05) is 49.6 Å². The summed E-state index contributed by atoms with van der Waals surface area (Å²) in [5.41, 5.74) is 8.44. The normalized spacial score (nSPS) is 16.8. The van der Waals surface area contributed by atoms with Crippen molar-refractivity contribution >= 4 is 23.6 Å². The Morgan fingerprint density at radius 3 is 2.75 bits per heavy atom. The van der Waals surface area contributed by atoms with E-state index < -0.39 is 0 Å². The maximum absolute atomic E-state index is 13.1. The molecule has 2 amide bonds. The van der Waals surface area contributed by atoms with Crippen molar-refractivity contribution in [2.24, 2.45) is 0 Å². The van der Waals surface area contributed by atoms with Crippen molar-refractivity contribution in [2.75, 3.05) is 42.1 Å². The number of anilines is 3. The third kappa shape index (κ3) is 5.00. The Morgan fingerprint density at radius 2 is 1.94 bits per heavy atom. The molecule has 188 valence electrons. The van der Waals surface area contributed by atoms with E-state index in [-0.39, 0.29) is 24.0 Å². The molecular weight excluding hydrogens is 458 g/mol. The van der Waals surface area contributed by atoms with E-state index in [4.69, 9.17) is 10.5 Å².